The molecule has 1 N–H and O–H groups in total. The molecule has 0 unspecified atom stereocenters. The summed E-state index contributed by atoms with van der Waals surface area (Å²) in [6.45, 7) is 0. The van der Waals surface area contributed by atoms with E-state index in [1.54, 1.807) is 30.3 Å². The number of alkyl halides is 6. The fourth-order valence-corrected chi connectivity index (χ4v) is 2.53. The first-order valence-corrected chi connectivity index (χ1v) is 8.50. The van der Waals surface area contributed by atoms with E-state index in [9.17, 15) is 31.1 Å². The molecule has 1 heterocycles. The molecule has 1 amide bonds. The van der Waals surface area contributed by atoms with Crippen molar-refractivity contribution in [3.63, 3.8) is 0 Å². The van der Waals surface area contributed by atoms with E-state index < -0.39 is 35.1 Å². The summed E-state index contributed by atoms with van der Waals surface area (Å²) >= 11 is 0. The molecule has 0 saturated heterocycles. The predicted octanol–water partition coefficient (Wildman–Crippen LogP) is 5.35. The molecule has 3 aromatic rings. The zero-order chi connectivity index (χ0) is 21.9. The van der Waals surface area contributed by atoms with Crippen LogP contribution in [0.1, 0.15) is 23.4 Å². The van der Waals surface area contributed by atoms with Gasteiger partial charge in [0.05, 0.1) is 11.1 Å². The molecule has 3 rings (SSSR count). The Bertz CT molecular complexity index is 996. The Labute approximate surface area is 165 Å². The van der Waals surface area contributed by atoms with Crippen molar-refractivity contribution in [2.45, 2.75) is 25.2 Å². The second-order valence-electron chi connectivity index (χ2n) is 6.22. The molecule has 0 spiro atoms. The zero-order valence-electron chi connectivity index (χ0n) is 15.0. The maximum atomic E-state index is 12.9. The number of halogens is 6. The van der Waals surface area contributed by atoms with E-state index >= 15 is 0 Å². The normalized spacial score (nSPS) is 12.1. The van der Waals surface area contributed by atoms with Gasteiger partial charge >= 0.3 is 12.4 Å². The number of aryl methyl sites for hydroxylation is 1. The lowest BCUT2D eigenvalue weighted by Crippen LogP contribution is -2.16. The number of hydrogen-bond acceptors (Lipinski definition) is 4. The maximum absolute atomic E-state index is 12.9. The Morgan fingerprint density at radius 3 is 2.10 bits per heavy atom. The van der Waals surface area contributed by atoms with Gasteiger partial charge in [0.15, 0.2) is 0 Å². The summed E-state index contributed by atoms with van der Waals surface area (Å²) in [5.41, 5.74) is -2.97. The van der Waals surface area contributed by atoms with Gasteiger partial charge in [0.1, 0.15) is 0 Å². The van der Waals surface area contributed by atoms with Crippen LogP contribution in [-0.2, 0) is 23.6 Å². The molecular formula is C19H13F6N3O2. The van der Waals surface area contributed by atoms with Gasteiger partial charge in [-0.1, -0.05) is 35.5 Å². The minimum Gasteiger partial charge on any atom is -0.339 e. The van der Waals surface area contributed by atoms with Crippen molar-refractivity contribution < 1.29 is 35.7 Å². The molecule has 0 saturated carbocycles. The number of hydrogen-bond donors (Lipinski definition) is 1. The van der Waals surface area contributed by atoms with Gasteiger partial charge in [-0.25, -0.2) is 0 Å². The molecule has 0 atom stereocenters. The van der Waals surface area contributed by atoms with Crippen molar-refractivity contribution in [2.75, 3.05) is 5.32 Å². The van der Waals surface area contributed by atoms with E-state index in [-0.39, 0.29) is 24.8 Å². The first kappa shape index (κ1) is 21.3. The second-order valence-corrected chi connectivity index (χ2v) is 6.22. The summed E-state index contributed by atoms with van der Waals surface area (Å²) in [4.78, 5) is 16.1. The van der Waals surface area contributed by atoms with Gasteiger partial charge in [0, 0.05) is 24.1 Å². The summed E-state index contributed by atoms with van der Waals surface area (Å²) in [5.74, 6) is -0.412. The topological polar surface area (TPSA) is 68.0 Å². The van der Waals surface area contributed by atoms with Crippen LogP contribution in [0.15, 0.2) is 53.1 Å². The SMILES string of the molecule is O=C(CCc1nc(-c2ccccc2)no1)Nc1cc(C(F)(F)F)cc(C(F)(F)F)c1. The molecule has 0 fully saturated rings. The number of rotatable bonds is 5. The molecule has 30 heavy (non-hydrogen) atoms. The Morgan fingerprint density at radius 1 is 0.933 bits per heavy atom. The molecule has 5 nitrogen and oxygen atoms in total. The van der Waals surface area contributed by atoms with E-state index in [1.165, 1.54) is 0 Å². The number of amides is 1. The molecule has 0 aliphatic carbocycles. The van der Waals surface area contributed by atoms with E-state index in [0.717, 1.165) is 0 Å². The van der Waals surface area contributed by atoms with Crippen molar-refractivity contribution in [3.8, 4) is 11.4 Å². The average Bonchev–Trinajstić information content (AvgIpc) is 3.14. The summed E-state index contributed by atoms with van der Waals surface area (Å²) in [7, 11) is 0. The van der Waals surface area contributed by atoms with E-state index in [0.29, 0.717) is 23.5 Å². The summed E-state index contributed by atoms with van der Waals surface area (Å²) < 4.78 is 82.3. The molecule has 11 heteroatoms. The minimum atomic E-state index is -5.00. The highest BCUT2D eigenvalue weighted by Gasteiger charge is 2.37. The van der Waals surface area contributed by atoms with Crippen molar-refractivity contribution in [3.05, 3.63) is 65.5 Å². The quantitative estimate of drug-likeness (QED) is 0.556. The predicted molar refractivity (Wildman–Crippen MR) is 93.1 cm³/mol. The van der Waals surface area contributed by atoms with Crippen LogP contribution >= 0.6 is 0 Å². The van der Waals surface area contributed by atoms with Crippen LogP contribution in [0.5, 0.6) is 0 Å². The molecule has 158 valence electrons. The number of carbonyl (C=O) groups excluding carboxylic acids is 1. The lowest BCUT2D eigenvalue weighted by molar-refractivity contribution is -0.143. The monoisotopic (exact) mass is 429 g/mol. The van der Waals surface area contributed by atoms with Gasteiger partial charge in [-0.2, -0.15) is 31.3 Å². The van der Waals surface area contributed by atoms with Crippen LogP contribution in [0, 0.1) is 0 Å². The highest BCUT2D eigenvalue weighted by atomic mass is 19.4. The number of benzene rings is 2. The lowest BCUT2D eigenvalue weighted by atomic mass is 10.1. The number of nitrogens with one attached hydrogen (secondary N) is 1. The van der Waals surface area contributed by atoms with Gasteiger partial charge in [-0.15, -0.1) is 0 Å². The average molecular weight is 429 g/mol. The highest BCUT2D eigenvalue weighted by molar-refractivity contribution is 5.91. The van der Waals surface area contributed by atoms with E-state index in [4.69, 9.17) is 4.52 Å². The molecule has 0 aliphatic heterocycles. The fourth-order valence-electron chi connectivity index (χ4n) is 2.53. The van der Waals surface area contributed by atoms with Crippen LogP contribution in [0.3, 0.4) is 0 Å². The summed E-state index contributed by atoms with van der Waals surface area (Å²) in [6.07, 6.45) is -10.3. The zero-order valence-corrected chi connectivity index (χ0v) is 15.0. The Kier molecular flexibility index (Phi) is 5.81. The van der Waals surface area contributed by atoms with Gasteiger partial charge in [-0.05, 0) is 18.2 Å². The standard InChI is InChI=1S/C19H13F6N3O2/c20-18(21,22)12-8-13(19(23,24)25)10-14(9-12)26-15(29)6-7-16-27-17(28-30-16)11-4-2-1-3-5-11/h1-5,8-10H,6-7H2,(H,26,29). The molecule has 2 aromatic carbocycles. The van der Waals surface area contributed by atoms with E-state index in [1.807, 2.05) is 5.32 Å². The van der Waals surface area contributed by atoms with Crippen molar-refractivity contribution >= 4 is 11.6 Å². The summed E-state index contributed by atoms with van der Waals surface area (Å²) in [6, 6.07) is 9.68. The van der Waals surface area contributed by atoms with Crippen LogP contribution in [-0.4, -0.2) is 16.0 Å². The van der Waals surface area contributed by atoms with Crippen molar-refractivity contribution in [1.82, 2.24) is 10.1 Å². The van der Waals surface area contributed by atoms with Crippen LogP contribution in [0.2, 0.25) is 0 Å². The Morgan fingerprint density at radius 2 is 1.53 bits per heavy atom. The van der Waals surface area contributed by atoms with Crippen LogP contribution in [0.4, 0.5) is 32.0 Å². The van der Waals surface area contributed by atoms with Crippen LogP contribution < -0.4 is 5.32 Å². The Balaban J connectivity index is 1.68. The lowest BCUT2D eigenvalue weighted by Gasteiger charge is -2.14. The van der Waals surface area contributed by atoms with Gasteiger partial charge < -0.3 is 9.84 Å². The number of aromatic nitrogens is 2. The van der Waals surface area contributed by atoms with Gasteiger partial charge in [0.25, 0.3) is 0 Å². The fraction of sp³-hybridized carbons (Fsp3) is 0.211. The molecule has 0 radical (unpaired) electrons. The number of nitrogens with zero attached hydrogens (tertiary/aromatic N) is 2. The first-order valence-electron chi connectivity index (χ1n) is 8.50. The van der Waals surface area contributed by atoms with Crippen molar-refractivity contribution in [1.29, 1.82) is 0 Å². The molecule has 0 bridgehead atoms. The maximum Gasteiger partial charge on any atom is 0.416 e. The number of carbonyl (C=O) groups is 1. The first-order chi connectivity index (χ1) is 14.0. The third kappa shape index (κ3) is 5.37. The van der Waals surface area contributed by atoms with Crippen molar-refractivity contribution in [2.24, 2.45) is 0 Å². The smallest absolute Gasteiger partial charge is 0.339 e. The third-order valence-electron chi connectivity index (χ3n) is 3.94. The summed E-state index contributed by atoms with van der Waals surface area (Å²) in [5, 5.41) is 5.80. The second kappa shape index (κ2) is 8.17. The largest absolute Gasteiger partial charge is 0.416 e. The van der Waals surface area contributed by atoms with E-state index in [2.05, 4.69) is 10.1 Å². The Hall–Kier alpha value is -3.37. The highest BCUT2D eigenvalue weighted by Crippen LogP contribution is 2.37. The van der Waals surface area contributed by atoms with Gasteiger partial charge in [-0.3, -0.25) is 4.79 Å². The third-order valence-corrected chi connectivity index (χ3v) is 3.94. The molecule has 0 aliphatic rings. The molecular weight excluding hydrogens is 416 g/mol. The molecule has 1 aromatic heterocycles. The van der Waals surface area contributed by atoms with Gasteiger partial charge in [0.2, 0.25) is 17.6 Å². The van der Waals surface area contributed by atoms with Crippen LogP contribution in [0.25, 0.3) is 11.4 Å². The minimum absolute atomic E-state index is 0.0147. The number of anilines is 1.